The minimum absolute atomic E-state index is 0.0613. The van der Waals surface area contributed by atoms with Crippen LogP contribution in [0.5, 0.6) is 0 Å². The van der Waals surface area contributed by atoms with E-state index in [9.17, 15) is 4.79 Å². The van der Waals surface area contributed by atoms with Gasteiger partial charge in [0.1, 0.15) is 0 Å². The molecule has 0 aliphatic rings. The van der Waals surface area contributed by atoms with Gasteiger partial charge >= 0.3 is 0 Å². The normalized spacial score (nSPS) is 10.4. The maximum Gasteiger partial charge on any atom is 0.221 e. The first-order valence-electron chi connectivity index (χ1n) is 9.22. The van der Waals surface area contributed by atoms with Gasteiger partial charge in [-0.15, -0.1) is 0 Å². The quantitative estimate of drug-likeness (QED) is 0.650. The first-order valence-corrected chi connectivity index (χ1v) is 9.60. The molecule has 5 heteroatoms. The molecule has 0 aromatic heterocycles. The number of anilines is 2. The van der Waals surface area contributed by atoms with Crippen molar-refractivity contribution in [3.8, 4) is 0 Å². The fourth-order valence-corrected chi connectivity index (χ4v) is 2.91. The predicted octanol–water partition coefficient (Wildman–Crippen LogP) is 4.35. The summed E-state index contributed by atoms with van der Waals surface area (Å²) in [5, 5.41) is 6.98. The maximum atomic E-state index is 11.9. The monoisotopic (exact) mass is 373 g/mol. The minimum Gasteiger partial charge on any atom is -0.385 e. The Morgan fingerprint density at radius 2 is 1.62 bits per heavy atom. The predicted molar refractivity (Wildman–Crippen MR) is 111 cm³/mol. The molecule has 0 spiro atoms. The van der Waals surface area contributed by atoms with Crippen molar-refractivity contribution in [2.45, 2.75) is 26.7 Å². The van der Waals surface area contributed by atoms with Gasteiger partial charge in [-0.05, 0) is 62.2 Å². The third-order valence-corrected chi connectivity index (χ3v) is 4.58. The minimum atomic E-state index is 0.0613. The highest BCUT2D eigenvalue weighted by Gasteiger charge is 2.03. The van der Waals surface area contributed by atoms with Crippen LogP contribution in [-0.2, 0) is 11.2 Å². The Morgan fingerprint density at radius 1 is 0.962 bits per heavy atom. The molecule has 2 aromatic rings. The van der Waals surface area contributed by atoms with Crippen LogP contribution < -0.4 is 15.5 Å². The fraction of sp³-hybridized carbons (Fsp3) is 0.381. The second kappa shape index (κ2) is 10.7. The number of carbonyl (C=O) groups is 1. The van der Waals surface area contributed by atoms with Crippen LogP contribution >= 0.6 is 11.6 Å². The van der Waals surface area contributed by atoms with Crippen LogP contribution in [0, 0.1) is 0 Å². The van der Waals surface area contributed by atoms with Crippen molar-refractivity contribution < 1.29 is 4.79 Å². The van der Waals surface area contributed by atoms with Gasteiger partial charge in [-0.3, -0.25) is 4.79 Å². The van der Waals surface area contributed by atoms with Crippen molar-refractivity contribution in [1.29, 1.82) is 0 Å². The van der Waals surface area contributed by atoms with Crippen LogP contribution in [0.15, 0.2) is 48.5 Å². The van der Waals surface area contributed by atoms with E-state index in [1.807, 2.05) is 24.3 Å². The first kappa shape index (κ1) is 20.1. The lowest BCUT2D eigenvalue weighted by Crippen LogP contribution is -2.27. The van der Waals surface area contributed by atoms with Gasteiger partial charge in [0, 0.05) is 49.0 Å². The highest BCUT2D eigenvalue weighted by molar-refractivity contribution is 6.30. The molecule has 0 aliphatic carbocycles. The summed E-state index contributed by atoms with van der Waals surface area (Å²) in [5.41, 5.74) is 3.43. The largest absolute Gasteiger partial charge is 0.385 e. The number of benzene rings is 2. The summed E-state index contributed by atoms with van der Waals surface area (Å²) in [6.45, 7) is 7.57. The van der Waals surface area contributed by atoms with Gasteiger partial charge in [0.05, 0.1) is 0 Å². The molecule has 0 atom stereocenters. The van der Waals surface area contributed by atoms with Gasteiger partial charge in [0.25, 0.3) is 0 Å². The van der Waals surface area contributed by atoms with E-state index < -0.39 is 0 Å². The Kier molecular flexibility index (Phi) is 8.29. The number of nitrogens with one attached hydrogen (secondary N) is 2. The summed E-state index contributed by atoms with van der Waals surface area (Å²) < 4.78 is 0. The van der Waals surface area contributed by atoms with E-state index in [1.165, 1.54) is 11.3 Å². The van der Waals surface area contributed by atoms with Gasteiger partial charge in [-0.1, -0.05) is 23.7 Å². The lowest BCUT2D eigenvalue weighted by Gasteiger charge is -2.21. The van der Waals surface area contributed by atoms with E-state index in [2.05, 4.69) is 53.6 Å². The molecule has 1 amide bonds. The van der Waals surface area contributed by atoms with E-state index >= 15 is 0 Å². The molecule has 2 N–H and O–H groups in total. The third-order valence-electron chi connectivity index (χ3n) is 4.33. The molecule has 0 fully saturated rings. The Labute approximate surface area is 161 Å². The van der Waals surface area contributed by atoms with Crippen LogP contribution in [0.3, 0.4) is 0 Å². The number of carbonyl (C=O) groups excluding carboxylic acids is 1. The summed E-state index contributed by atoms with van der Waals surface area (Å²) >= 11 is 5.86. The lowest BCUT2D eigenvalue weighted by molar-refractivity contribution is -0.120. The molecular weight excluding hydrogens is 346 g/mol. The number of rotatable bonds is 10. The molecule has 140 valence electrons. The molecule has 2 aromatic carbocycles. The maximum absolute atomic E-state index is 11.9. The average molecular weight is 374 g/mol. The summed E-state index contributed by atoms with van der Waals surface area (Å²) in [5.74, 6) is 0.0613. The van der Waals surface area contributed by atoms with Gasteiger partial charge in [0.2, 0.25) is 5.91 Å². The second-order valence-electron chi connectivity index (χ2n) is 6.12. The Bertz CT molecular complexity index is 667. The lowest BCUT2D eigenvalue weighted by atomic mass is 10.1. The molecule has 0 heterocycles. The van der Waals surface area contributed by atoms with Crippen molar-refractivity contribution in [3.05, 3.63) is 59.1 Å². The molecule has 0 radical (unpaired) electrons. The zero-order valence-electron chi connectivity index (χ0n) is 15.6. The van der Waals surface area contributed by atoms with Crippen LogP contribution in [0.1, 0.15) is 25.8 Å². The second-order valence-corrected chi connectivity index (χ2v) is 6.56. The summed E-state index contributed by atoms with van der Waals surface area (Å²) in [6.07, 6.45) is 1.27. The number of halogens is 1. The highest BCUT2D eigenvalue weighted by atomic mass is 35.5. The van der Waals surface area contributed by atoms with Crippen LogP contribution in [0.4, 0.5) is 11.4 Å². The zero-order valence-corrected chi connectivity index (χ0v) is 16.4. The number of nitrogens with zero attached hydrogens (tertiary/aromatic N) is 1. The molecule has 0 unspecified atom stereocenters. The van der Waals surface area contributed by atoms with E-state index in [0.29, 0.717) is 19.5 Å². The molecule has 0 bridgehead atoms. The molecule has 26 heavy (non-hydrogen) atoms. The van der Waals surface area contributed by atoms with Gasteiger partial charge < -0.3 is 15.5 Å². The number of hydrogen-bond donors (Lipinski definition) is 2. The first-order chi connectivity index (χ1) is 12.6. The van der Waals surface area contributed by atoms with Crippen molar-refractivity contribution in [2.75, 3.05) is 36.4 Å². The number of amides is 1. The van der Waals surface area contributed by atoms with Crippen LogP contribution in [0.2, 0.25) is 5.02 Å². The van der Waals surface area contributed by atoms with E-state index in [4.69, 9.17) is 11.6 Å². The number of hydrogen-bond acceptors (Lipinski definition) is 3. The van der Waals surface area contributed by atoms with Gasteiger partial charge in [0.15, 0.2) is 0 Å². The Balaban J connectivity index is 1.65. The topological polar surface area (TPSA) is 44.4 Å². The third kappa shape index (κ3) is 6.60. The average Bonchev–Trinajstić information content (AvgIpc) is 2.65. The van der Waals surface area contributed by atoms with Crippen LogP contribution in [0.25, 0.3) is 0 Å². The standard InChI is InChI=1S/C21H28ClN3O/c1-3-25(4-2)20-11-9-19(10-12-20)23-16-14-21(26)24-15-13-17-5-7-18(22)8-6-17/h5-12,23H,3-4,13-16H2,1-2H3,(H,24,26). The van der Waals surface area contributed by atoms with Crippen molar-refractivity contribution in [2.24, 2.45) is 0 Å². The van der Waals surface area contributed by atoms with Gasteiger partial charge in [-0.2, -0.15) is 0 Å². The molecule has 0 saturated heterocycles. The van der Waals surface area contributed by atoms with Crippen LogP contribution in [-0.4, -0.2) is 32.1 Å². The summed E-state index contributed by atoms with van der Waals surface area (Å²) in [4.78, 5) is 14.2. The van der Waals surface area contributed by atoms with Crippen molar-refractivity contribution in [3.63, 3.8) is 0 Å². The van der Waals surface area contributed by atoms with E-state index in [0.717, 1.165) is 30.2 Å². The van der Waals surface area contributed by atoms with Gasteiger partial charge in [-0.25, -0.2) is 0 Å². The Hall–Kier alpha value is -2.20. The van der Waals surface area contributed by atoms with E-state index in [1.54, 1.807) is 0 Å². The fourth-order valence-electron chi connectivity index (χ4n) is 2.78. The van der Waals surface area contributed by atoms with E-state index in [-0.39, 0.29) is 5.91 Å². The smallest absolute Gasteiger partial charge is 0.221 e. The van der Waals surface area contributed by atoms with Crippen molar-refractivity contribution in [1.82, 2.24) is 5.32 Å². The SMILES string of the molecule is CCN(CC)c1ccc(NCCC(=O)NCCc2ccc(Cl)cc2)cc1. The molecule has 2 rings (SSSR count). The molecular formula is C21H28ClN3O. The molecule has 4 nitrogen and oxygen atoms in total. The summed E-state index contributed by atoms with van der Waals surface area (Å²) in [6, 6.07) is 16.1. The zero-order chi connectivity index (χ0) is 18.8. The summed E-state index contributed by atoms with van der Waals surface area (Å²) in [7, 11) is 0. The highest BCUT2D eigenvalue weighted by Crippen LogP contribution is 2.17. The van der Waals surface area contributed by atoms with Crippen molar-refractivity contribution >= 4 is 28.9 Å². The molecule has 0 aliphatic heterocycles. The Morgan fingerprint density at radius 3 is 2.23 bits per heavy atom. The molecule has 0 saturated carbocycles.